The molecule has 1 rings (SSSR count). The molecule has 0 fully saturated rings. The van der Waals surface area contributed by atoms with Crippen LogP contribution in [0.1, 0.15) is 13.3 Å². The Morgan fingerprint density at radius 2 is 2.00 bits per heavy atom. The molecule has 0 atom stereocenters. The standard InChI is InChI=1S/C9H11F4N3/c1-2-3-16(5-9(11,12)13)8-4-7(10)14-6-15-8/h4,6H,2-3,5H2,1H3. The van der Waals surface area contributed by atoms with Crippen molar-refractivity contribution in [2.24, 2.45) is 0 Å². The number of anilines is 1. The maximum absolute atomic E-state index is 12.7. The van der Waals surface area contributed by atoms with E-state index in [9.17, 15) is 17.6 Å². The second-order valence-corrected chi connectivity index (χ2v) is 3.24. The molecule has 0 aromatic carbocycles. The van der Waals surface area contributed by atoms with E-state index < -0.39 is 18.7 Å². The maximum Gasteiger partial charge on any atom is 0.405 e. The van der Waals surface area contributed by atoms with Gasteiger partial charge in [-0.3, -0.25) is 0 Å². The summed E-state index contributed by atoms with van der Waals surface area (Å²) in [4.78, 5) is 7.79. The van der Waals surface area contributed by atoms with Crippen molar-refractivity contribution in [1.29, 1.82) is 0 Å². The molecule has 0 saturated heterocycles. The Morgan fingerprint density at radius 3 is 2.50 bits per heavy atom. The zero-order valence-corrected chi connectivity index (χ0v) is 8.63. The third kappa shape index (κ3) is 4.00. The van der Waals surface area contributed by atoms with Crippen molar-refractivity contribution in [3.63, 3.8) is 0 Å². The fourth-order valence-electron chi connectivity index (χ4n) is 1.26. The lowest BCUT2D eigenvalue weighted by atomic mass is 10.3. The summed E-state index contributed by atoms with van der Waals surface area (Å²) in [6.07, 6.45) is -2.91. The van der Waals surface area contributed by atoms with Crippen molar-refractivity contribution in [3.05, 3.63) is 18.3 Å². The van der Waals surface area contributed by atoms with Gasteiger partial charge < -0.3 is 4.90 Å². The SMILES string of the molecule is CCCN(CC(F)(F)F)c1cc(F)ncn1. The molecule has 0 spiro atoms. The molecule has 0 aliphatic rings. The lowest BCUT2D eigenvalue weighted by Gasteiger charge is -2.23. The van der Waals surface area contributed by atoms with Gasteiger partial charge in [-0.2, -0.15) is 17.6 Å². The molecule has 0 unspecified atom stereocenters. The molecule has 0 radical (unpaired) electrons. The zero-order chi connectivity index (χ0) is 12.2. The number of halogens is 4. The smallest absolute Gasteiger partial charge is 0.347 e. The summed E-state index contributed by atoms with van der Waals surface area (Å²) in [5, 5.41) is 0. The second-order valence-electron chi connectivity index (χ2n) is 3.24. The van der Waals surface area contributed by atoms with Crippen molar-refractivity contribution in [1.82, 2.24) is 9.97 Å². The first-order valence-corrected chi connectivity index (χ1v) is 4.71. The largest absolute Gasteiger partial charge is 0.405 e. The molecule has 0 N–H and O–H groups in total. The van der Waals surface area contributed by atoms with Crippen LogP contribution in [0.5, 0.6) is 0 Å². The van der Waals surface area contributed by atoms with Crippen LogP contribution in [0.15, 0.2) is 12.4 Å². The van der Waals surface area contributed by atoms with Crippen molar-refractivity contribution in [2.45, 2.75) is 19.5 Å². The van der Waals surface area contributed by atoms with E-state index in [0.717, 1.165) is 17.3 Å². The summed E-state index contributed by atoms with van der Waals surface area (Å²) < 4.78 is 49.5. The Balaban J connectivity index is 2.85. The van der Waals surface area contributed by atoms with Crippen LogP contribution in [0.4, 0.5) is 23.4 Å². The fraction of sp³-hybridized carbons (Fsp3) is 0.556. The van der Waals surface area contributed by atoms with Crippen molar-refractivity contribution < 1.29 is 17.6 Å². The highest BCUT2D eigenvalue weighted by Gasteiger charge is 2.31. The van der Waals surface area contributed by atoms with Crippen LogP contribution in [0.2, 0.25) is 0 Å². The van der Waals surface area contributed by atoms with Crippen molar-refractivity contribution in [3.8, 4) is 0 Å². The van der Waals surface area contributed by atoms with Crippen LogP contribution in [0, 0.1) is 5.95 Å². The van der Waals surface area contributed by atoms with Crippen LogP contribution < -0.4 is 4.90 Å². The van der Waals surface area contributed by atoms with E-state index in [1.807, 2.05) is 0 Å². The predicted molar refractivity (Wildman–Crippen MR) is 50.5 cm³/mol. The average molecular weight is 237 g/mol. The molecule has 1 aromatic heterocycles. The monoisotopic (exact) mass is 237 g/mol. The van der Waals surface area contributed by atoms with Gasteiger partial charge in [0.25, 0.3) is 0 Å². The first-order valence-electron chi connectivity index (χ1n) is 4.71. The number of rotatable bonds is 4. The Morgan fingerprint density at radius 1 is 1.31 bits per heavy atom. The molecule has 0 saturated carbocycles. The quantitative estimate of drug-likeness (QED) is 0.594. The van der Waals surface area contributed by atoms with Gasteiger partial charge in [0.15, 0.2) is 0 Å². The Labute approximate surface area is 90.1 Å². The zero-order valence-electron chi connectivity index (χ0n) is 8.63. The number of aromatic nitrogens is 2. The van der Waals surface area contributed by atoms with Crippen molar-refractivity contribution >= 4 is 5.82 Å². The van der Waals surface area contributed by atoms with Crippen LogP contribution >= 0.6 is 0 Å². The minimum atomic E-state index is -4.34. The van der Waals surface area contributed by atoms with Crippen LogP contribution in [-0.2, 0) is 0 Å². The first-order chi connectivity index (χ1) is 7.42. The van der Waals surface area contributed by atoms with Gasteiger partial charge in [-0.25, -0.2) is 9.97 Å². The number of alkyl halides is 3. The van der Waals surface area contributed by atoms with Gasteiger partial charge in [-0.1, -0.05) is 6.92 Å². The van der Waals surface area contributed by atoms with Gasteiger partial charge in [0.05, 0.1) is 0 Å². The molecule has 3 nitrogen and oxygen atoms in total. The number of nitrogens with zero attached hydrogens (tertiary/aromatic N) is 3. The highest BCUT2D eigenvalue weighted by atomic mass is 19.4. The predicted octanol–water partition coefficient (Wildman–Crippen LogP) is 2.39. The van der Waals surface area contributed by atoms with E-state index in [-0.39, 0.29) is 12.4 Å². The van der Waals surface area contributed by atoms with E-state index in [1.165, 1.54) is 0 Å². The Kier molecular flexibility index (Phi) is 4.03. The molecule has 7 heteroatoms. The van der Waals surface area contributed by atoms with Gasteiger partial charge in [0.2, 0.25) is 5.95 Å². The molecule has 90 valence electrons. The van der Waals surface area contributed by atoms with E-state index in [4.69, 9.17) is 0 Å². The van der Waals surface area contributed by atoms with Gasteiger partial charge in [0.1, 0.15) is 18.7 Å². The summed E-state index contributed by atoms with van der Waals surface area (Å²) in [6.45, 7) is 0.758. The topological polar surface area (TPSA) is 29.0 Å². The molecule has 0 aliphatic heterocycles. The molecule has 0 bridgehead atoms. The van der Waals surface area contributed by atoms with Gasteiger partial charge in [-0.15, -0.1) is 0 Å². The van der Waals surface area contributed by atoms with Gasteiger partial charge >= 0.3 is 6.18 Å². The molecule has 16 heavy (non-hydrogen) atoms. The third-order valence-electron chi connectivity index (χ3n) is 1.81. The van der Waals surface area contributed by atoms with Crippen LogP contribution in [0.25, 0.3) is 0 Å². The Hall–Kier alpha value is -1.40. The van der Waals surface area contributed by atoms with Gasteiger partial charge in [0, 0.05) is 12.6 Å². The van der Waals surface area contributed by atoms with E-state index >= 15 is 0 Å². The summed E-state index contributed by atoms with van der Waals surface area (Å²) >= 11 is 0. The number of hydrogen-bond acceptors (Lipinski definition) is 3. The minimum absolute atomic E-state index is 0.0494. The first kappa shape index (κ1) is 12.7. The summed E-state index contributed by atoms with van der Waals surface area (Å²) in [5.41, 5.74) is 0. The highest BCUT2D eigenvalue weighted by molar-refractivity contribution is 5.36. The molecule has 0 amide bonds. The van der Waals surface area contributed by atoms with Gasteiger partial charge in [-0.05, 0) is 6.42 Å². The lowest BCUT2D eigenvalue weighted by Crippen LogP contribution is -2.35. The maximum atomic E-state index is 12.7. The molecule has 1 heterocycles. The van der Waals surface area contributed by atoms with Crippen LogP contribution in [0.3, 0.4) is 0 Å². The van der Waals surface area contributed by atoms with Crippen molar-refractivity contribution in [2.75, 3.05) is 18.0 Å². The Bertz CT molecular complexity index is 340. The summed E-state index contributed by atoms with van der Waals surface area (Å²) in [5.74, 6) is -0.889. The van der Waals surface area contributed by atoms with E-state index in [0.29, 0.717) is 6.42 Å². The van der Waals surface area contributed by atoms with E-state index in [1.54, 1.807) is 6.92 Å². The normalized spacial score (nSPS) is 11.6. The van der Waals surface area contributed by atoms with Crippen LogP contribution in [-0.4, -0.2) is 29.2 Å². The second kappa shape index (κ2) is 5.09. The minimum Gasteiger partial charge on any atom is -0.347 e. The van der Waals surface area contributed by atoms with E-state index in [2.05, 4.69) is 9.97 Å². The molecular formula is C9H11F4N3. The third-order valence-corrected chi connectivity index (χ3v) is 1.81. The number of hydrogen-bond donors (Lipinski definition) is 0. The average Bonchev–Trinajstić information content (AvgIpc) is 2.15. The lowest BCUT2D eigenvalue weighted by molar-refractivity contribution is -0.119. The highest BCUT2D eigenvalue weighted by Crippen LogP contribution is 2.20. The molecular weight excluding hydrogens is 226 g/mol. The summed E-state index contributed by atoms with van der Waals surface area (Å²) in [7, 11) is 0. The molecule has 0 aliphatic carbocycles. The molecule has 1 aromatic rings. The summed E-state index contributed by atoms with van der Waals surface area (Å²) in [6, 6.07) is 0.890. The fourth-order valence-corrected chi connectivity index (χ4v) is 1.26.